The molecular formula is C11H11NO4. The van der Waals surface area contributed by atoms with Crippen LogP contribution in [0.15, 0.2) is 40.8 Å². The van der Waals surface area contributed by atoms with E-state index in [0.717, 1.165) is 5.56 Å². The maximum atomic E-state index is 10.6. The first-order valence-corrected chi connectivity index (χ1v) is 4.74. The first-order chi connectivity index (χ1) is 7.70. The molecule has 84 valence electrons. The Balaban J connectivity index is 2.27. The molecule has 1 aromatic heterocycles. The standard InChI is InChI=1S/C11H11NO4/c13-7-10-5-6-11(16-10)8-1-3-9(4-2-8)12(14)15/h1-6,12-14H,7H2. The van der Waals surface area contributed by atoms with Crippen LogP contribution < -0.4 is 5.23 Å². The lowest BCUT2D eigenvalue weighted by Gasteiger charge is -2.11. The molecule has 1 unspecified atom stereocenters. The van der Waals surface area contributed by atoms with Gasteiger partial charge in [0.25, 0.3) is 0 Å². The van der Waals surface area contributed by atoms with Crippen molar-refractivity contribution in [3.8, 4) is 11.3 Å². The Morgan fingerprint density at radius 2 is 1.81 bits per heavy atom. The third-order valence-corrected chi connectivity index (χ3v) is 2.23. The van der Waals surface area contributed by atoms with Gasteiger partial charge in [0.05, 0.1) is 0 Å². The molecule has 3 N–H and O–H groups in total. The number of benzene rings is 1. The quantitative estimate of drug-likeness (QED) is 0.671. The zero-order valence-electron chi connectivity index (χ0n) is 8.38. The summed E-state index contributed by atoms with van der Waals surface area (Å²) in [5.41, 5.74) is 1.02. The minimum Gasteiger partial charge on any atom is -0.595 e. The maximum Gasteiger partial charge on any atom is 0.163 e. The normalized spacial score (nSPS) is 12.7. The molecule has 0 saturated carbocycles. The molecule has 1 aromatic carbocycles. The van der Waals surface area contributed by atoms with Crippen molar-refractivity contribution in [1.82, 2.24) is 0 Å². The van der Waals surface area contributed by atoms with Crippen LogP contribution in [-0.4, -0.2) is 10.3 Å². The number of quaternary nitrogens is 1. The van der Waals surface area contributed by atoms with E-state index in [1.807, 2.05) is 0 Å². The zero-order valence-corrected chi connectivity index (χ0v) is 8.38. The fraction of sp³-hybridized carbons (Fsp3) is 0.0909. The average molecular weight is 221 g/mol. The fourth-order valence-corrected chi connectivity index (χ4v) is 1.40. The number of rotatable bonds is 3. The SMILES string of the molecule is [O-][NH+](O)c1ccc(-c2ccc(CO)o2)cc1. The highest BCUT2D eigenvalue weighted by atomic mass is 16.8. The zero-order chi connectivity index (χ0) is 11.5. The Morgan fingerprint density at radius 1 is 1.12 bits per heavy atom. The molecule has 5 nitrogen and oxygen atoms in total. The monoisotopic (exact) mass is 221 g/mol. The highest BCUT2D eigenvalue weighted by Gasteiger charge is 2.05. The van der Waals surface area contributed by atoms with Crippen LogP contribution in [0.5, 0.6) is 0 Å². The van der Waals surface area contributed by atoms with E-state index in [9.17, 15) is 5.21 Å². The Morgan fingerprint density at radius 3 is 2.31 bits per heavy atom. The molecule has 1 heterocycles. The molecular weight excluding hydrogens is 210 g/mol. The van der Waals surface area contributed by atoms with E-state index in [-0.39, 0.29) is 12.3 Å². The summed E-state index contributed by atoms with van der Waals surface area (Å²) in [5, 5.41) is 27.3. The van der Waals surface area contributed by atoms with Crippen LogP contribution in [0.4, 0.5) is 5.69 Å². The Kier molecular flexibility index (Phi) is 3.02. The molecule has 1 atom stereocenters. The second-order valence-electron chi connectivity index (χ2n) is 3.31. The van der Waals surface area contributed by atoms with E-state index in [4.69, 9.17) is 14.7 Å². The first kappa shape index (κ1) is 10.8. The van der Waals surface area contributed by atoms with E-state index < -0.39 is 5.23 Å². The summed E-state index contributed by atoms with van der Waals surface area (Å²) < 4.78 is 5.32. The van der Waals surface area contributed by atoms with Crippen molar-refractivity contribution in [3.05, 3.63) is 47.4 Å². The van der Waals surface area contributed by atoms with Crippen molar-refractivity contribution in [2.45, 2.75) is 6.61 Å². The van der Waals surface area contributed by atoms with E-state index in [1.54, 1.807) is 24.3 Å². The van der Waals surface area contributed by atoms with Crippen LogP contribution in [0, 0.1) is 5.21 Å². The van der Waals surface area contributed by atoms with E-state index in [1.165, 1.54) is 12.1 Å². The Labute approximate surface area is 91.7 Å². The molecule has 2 rings (SSSR count). The number of aliphatic hydroxyl groups excluding tert-OH is 1. The summed E-state index contributed by atoms with van der Waals surface area (Å²) in [6, 6.07) is 9.78. The third-order valence-electron chi connectivity index (χ3n) is 2.23. The molecule has 0 bridgehead atoms. The van der Waals surface area contributed by atoms with Crippen LogP contribution in [0.1, 0.15) is 5.76 Å². The summed E-state index contributed by atoms with van der Waals surface area (Å²) in [6.07, 6.45) is 0. The van der Waals surface area contributed by atoms with Crippen molar-refractivity contribution < 1.29 is 20.0 Å². The summed E-state index contributed by atoms with van der Waals surface area (Å²) >= 11 is 0. The smallest absolute Gasteiger partial charge is 0.163 e. The number of furan rings is 1. The van der Waals surface area contributed by atoms with E-state index in [0.29, 0.717) is 11.5 Å². The van der Waals surface area contributed by atoms with Crippen molar-refractivity contribution in [1.29, 1.82) is 0 Å². The lowest BCUT2D eigenvalue weighted by Crippen LogP contribution is -2.99. The summed E-state index contributed by atoms with van der Waals surface area (Å²) in [6.45, 7) is -0.146. The van der Waals surface area contributed by atoms with Gasteiger partial charge in [0.15, 0.2) is 5.69 Å². The maximum absolute atomic E-state index is 10.6. The van der Waals surface area contributed by atoms with Gasteiger partial charge < -0.3 is 14.7 Å². The van der Waals surface area contributed by atoms with Crippen LogP contribution >= 0.6 is 0 Å². The van der Waals surface area contributed by atoms with Crippen molar-refractivity contribution in [3.63, 3.8) is 0 Å². The predicted octanol–water partition coefficient (Wildman–Crippen LogP) is 0.842. The Bertz CT molecular complexity index is 461. The predicted molar refractivity (Wildman–Crippen MR) is 55.8 cm³/mol. The van der Waals surface area contributed by atoms with Gasteiger partial charge in [-0.15, -0.1) is 0 Å². The van der Waals surface area contributed by atoms with Gasteiger partial charge in [-0.25, -0.2) is 5.21 Å². The third kappa shape index (κ3) is 2.12. The molecule has 0 fully saturated rings. The van der Waals surface area contributed by atoms with Gasteiger partial charge in [0.2, 0.25) is 0 Å². The van der Waals surface area contributed by atoms with Crippen LogP contribution in [0.25, 0.3) is 11.3 Å². The van der Waals surface area contributed by atoms with Gasteiger partial charge in [-0.1, -0.05) is 0 Å². The molecule has 0 aliphatic carbocycles. The van der Waals surface area contributed by atoms with Gasteiger partial charge in [0, 0.05) is 17.7 Å². The molecule has 0 saturated heterocycles. The Hall–Kier alpha value is -1.66. The van der Waals surface area contributed by atoms with Crippen LogP contribution in [0.3, 0.4) is 0 Å². The van der Waals surface area contributed by atoms with Gasteiger partial charge in [-0.05, 0) is 24.3 Å². The van der Waals surface area contributed by atoms with E-state index >= 15 is 0 Å². The largest absolute Gasteiger partial charge is 0.595 e. The minimum atomic E-state index is -0.956. The molecule has 5 heteroatoms. The van der Waals surface area contributed by atoms with Gasteiger partial charge in [0.1, 0.15) is 18.1 Å². The number of hydrogen-bond acceptors (Lipinski definition) is 4. The van der Waals surface area contributed by atoms with Crippen molar-refractivity contribution >= 4 is 5.69 Å². The van der Waals surface area contributed by atoms with Gasteiger partial charge >= 0.3 is 0 Å². The van der Waals surface area contributed by atoms with Crippen LogP contribution in [-0.2, 0) is 6.61 Å². The number of nitrogens with one attached hydrogen (secondary N) is 1. The van der Waals surface area contributed by atoms with E-state index in [2.05, 4.69) is 0 Å². The molecule has 0 amide bonds. The highest BCUT2D eigenvalue weighted by Crippen LogP contribution is 2.22. The molecule has 0 radical (unpaired) electrons. The number of aliphatic hydroxyl groups is 1. The van der Waals surface area contributed by atoms with Crippen LogP contribution in [0.2, 0.25) is 0 Å². The van der Waals surface area contributed by atoms with Crippen molar-refractivity contribution in [2.75, 3.05) is 0 Å². The molecule has 2 aromatic rings. The lowest BCUT2D eigenvalue weighted by molar-refractivity contribution is -0.991. The van der Waals surface area contributed by atoms with Crippen molar-refractivity contribution in [2.24, 2.45) is 0 Å². The summed E-state index contributed by atoms with van der Waals surface area (Å²) in [4.78, 5) is 0. The van der Waals surface area contributed by atoms with Gasteiger partial charge in [-0.3, -0.25) is 0 Å². The molecule has 0 aliphatic heterocycles. The summed E-state index contributed by atoms with van der Waals surface area (Å²) in [5.74, 6) is 1.10. The second-order valence-corrected chi connectivity index (χ2v) is 3.31. The first-order valence-electron chi connectivity index (χ1n) is 4.74. The minimum absolute atomic E-state index is 0.146. The highest BCUT2D eigenvalue weighted by molar-refractivity contribution is 5.59. The molecule has 0 spiro atoms. The fourth-order valence-electron chi connectivity index (χ4n) is 1.40. The average Bonchev–Trinajstić information content (AvgIpc) is 2.77. The molecule has 0 aliphatic rings. The van der Waals surface area contributed by atoms with Gasteiger partial charge in [-0.2, -0.15) is 5.23 Å². The molecule has 16 heavy (non-hydrogen) atoms. The second kappa shape index (κ2) is 4.46. The topological polar surface area (TPSA) is 81.1 Å². The lowest BCUT2D eigenvalue weighted by atomic mass is 10.1. The number of hydrogen-bond donors (Lipinski definition) is 3. The summed E-state index contributed by atoms with van der Waals surface area (Å²) in [7, 11) is 0.